The summed E-state index contributed by atoms with van der Waals surface area (Å²) in [4.78, 5) is 15.6. The van der Waals surface area contributed by atoms with E-state index in [4.69, 9.17) is 0 Å². The fourth-order valence-electron chi connectivity index (χ4n) is 2.29. The van der Waals surface area contributed by atoms with Gasteiger partial charge in [-0.25, -0.2) is 15.0 Å². The van der Waals surface area contributed by atoms with E-state index in [-0.39, 0.29) is 0 Å². The minimum absolute atomic E-state index is 0.590. The van der Waals surface area contributed by atoms with Crippen molar-refractivity contribution in [2.75, 3.05) is 32.1 Å². The van der Waals surface area contributed by atoms with Crippen LogP contribution in [0.1, 0.15) is 23.2 Å². The molecule has 0 atom stereocenters. The highest BCUT2D eigenvalue weighted by molar-refractivity contribution is 7.09. The zero-order valence-corrected chi connectivity index (χ0v) is 15.7. The number of rotatable bonds is 7. The maximum Gasteiger partial charge on any atom is 0.191 e. The molecule has 7 heteroatoms. The van der Waals surface area contributed by atoms with Crippen LogP contribution >= 0.6 is 11.3 Å². The van der Waals surface area contributed by atoms with Crippen molar-refractivity contribution in [2.45, 2.75) is 26.8 Å². The van der Waals surface area contributed by atoms with E-state index in [2.05, 4.69) is 44.0 Å². The van der Waals surface area contributed by atoms with Crippen molar-refractivity contribution >= 4 is 23.1 Å². The van der Waals surface area contributed by atoms with Crippen LogP contribution in [0.2, 0.25) is 0 Å². The van der Waals surface area contributed by atoms with Gasteiger partial charge in [-0.2, -0.15) is 0 Å². The third-order valence-electron chi connectivity index (χ3n) is 3.38. The molecule has 0 amide bonds. The lowest BCUT2D eigenvalue weighted by atomic mass is 10.2. The normalized spacial score (nSPS) is 11.4. The summed E-state index contributed by atoms with van der Waals surface area (Å²) in [7, 11) is 3.99. The van der Waals surface area contributed by atoms with Crippen molar-refractivity contribution in [1.82, 2.24) is 20.6 Å². The molecule has 0 unspecified atom stereocenters. The van der Waals surface area contributed by atoms with Crippen LogP contribution in [0.5, 0.6) is 0 Å². The number of hydrogen-bond acceptors (Lipinski definition) is 5. The van der Waals surface area contributed by atoms with Crippen LogP contribution in [0.3, 0.4) is 0 Å². The first-order valence-electron chi connectivity index (χ1n) is 8.14. The van der Waals surface area contributed by atoms with Crippen LogP contribution in [0, 0.1) is 6.92 Å². The quantitative estimate of drug-likeness (QED) is 0.594. The summed E-state index contributed by atoms with van der Waals surface area (Å²) < 4.78 is 0. The number of nitrogens with one attached hydrogen (secondary N) is 2. The van der Waals surface area contributed by atoms with Crippen LogP contribution in [0.15, 0.2) is 28.7 Å². The fraction of sp³-hybridized carbons (Fsp3) is 0.471. The number of hydrogen-bond donors (Lipinski definition) is 2. The molecule has 6 nitrogen and oxygen atoms in total. The molecule has 0 aliphatic rings. The first kappa shape index (κ1) is 18.2. The zero-order chi connectivity index (χ0) is 17.4. The van der Waals surface area contributed by atoms with E-state index in [0.29, 0.717) is 6.54 Å². The van der Waals surface area contributed by atoms with E-state index >= 15 is 0 Å². The van der Waals surface area contributed by atoms with Gasteiger partial charge in [0.05, 0.1) is 17.2 Å². The molecular formula is C17H26N6S. The maximum absolute atomic E-state index is 4.67. The van der Waals surface area contributed by atoms with Crippen molar-refractivity contribution in [2.24, 2.45) is 4.99 Å². The van der Waals surface area contributed by atoms with Gasteiger partial charge in [0.1, 0.15) is 5.82 Å². The Balaban J connectivity index is 1.95. The second-order valence-electron chi connectivity index (χ2n) is 5.61. The molecule has 0 saturated carbocycles. The molecule has 24 heavy (non-hydrogen) atoms. The van der Waals surface area contributed by atoms with Gasteiger partial charge < -0.3 is 15.5 Å². The second kappa shape index (κ2) is 9.22. The molecule has 0 saturated heterocycles. The van der Waals surface area contributed by atoms with Gasteiger partial charge in [-0.05, 0) is 19.9 Å². The Morgan fingerprint density at radius 2 is 2.17 bits per heavy atom. The lowest BCUT2D eigenvalue weighted by molar-refractivity contribution is 0.789. The highest BCUT2D eigenvalue weighted by Gasteiger charge is 2.05. The minimum Gasteiger partial charge on any atom is -0.362 e. The number of nitrogens with zero attached hydrogens (tertiary/aromatic N) is 4. The second-order valence-corrected chi connectivity index (χ2v) is 6.67. The molecule has 0 spiro atoms. The molecule has 0 aromatic carbocycles. The first-order valence-corrected chi connectivity index (χ1v) is 9.02. The molecule has 0 radical (unpaired) electrons. The van der Waals surface area contributed by atoms with Gasteiger partial charge in [-0.1, -0.05) is 6.07 Å². The molecule has 0 fully saturated rings. The van der Waals surface area contributed by atoms with Gasteiger partial charge in [-0.15, -0.1) is 11.3 Å². The van der Waals surface area contributed by atoms with Crippen molar-refractivity contribution in [3.63, 3.8) is 0 Å². The first-order chi connectivity index (χ1) is 11.6. The highest BCUT2D eigenvalue weighted by atomic mass is 32.1. The highest BCUT2D eigenvalue weighted by Crippen LogP contribution is 2.15. The van der Waals surface area contributed by atoms with Crippen LogP contribution < -0.4 is 15.5 Å². The average Bonchev–Trinajstić information content (AvgIpc) is 2.98. The summed E-state index contributed by atoms with van der Waals surface area (Å²) in [5.41, 5.74) is 2.23. The summed E-state index contributed by atoms with van der Waals surface area (Å²) in [6.45, 7) is 6.32. The summed E-state index contributed by atoms with van der Waals surface area (Å²) in [6.07, 6.45) is 2.70. The standard InChI is InChI=1S/C17H26N6S/c1-5-18-17(20-10-8-15-12-24-13(2)22-15)21-11-14-7-6-9-19-16(14)23(3)4/h6-7,9,12H,5,8,10-11H2,1-4H3,(H2,18,20,21). The molecular weight excluding hydrogens is 320 g/mol. The monoisotopic (exact) mass is 346 g/mol. The van der Waals surface area contributed by atoms with Crippen LogP contribution in [0.4, 0.5) is 5.82 Å². The van der Waals surface area contributed by atoms with E-state index in [9.17, 15) is 0 Å². The molecule has 2 aromatic heterocycles. The zero-order valence-electron chi connectivity index (χ0n) is 14.8. The van der Waals surface area contributed by atoms with Crippen LogP contribution in [0.25, 0.3) is 0 Å². The van der Waals surface area contributed by atoms with Gasteiger partial charge in [-0.3, -0.25) is 0 Å². The molecule has 130 valence electrons. The van der Waals surface area contributed by atoms with Crippen molar-refractivity contribution in [3.8, 4) is 0 Å². The predicted octanol–water partition coefficient (Wildman–Crippen LogP) is 2.21. The molecule has 2 aromatic rings. The number of thiazole rings is 1. The average molecular weight is 347 g/mol. The van der Waals surface area contributed by atoms with Crippen molar-refractivity contribution in [3.05, 3.63) is 40.0 Å². The Morgan fingerprint density at radius 3 is 2.83 bits per heavy atom. The molecule has 2 heterocycles. The number of anilines is 1. The van der Waals surface area contributed by atoms with Crippen molar-refractivity contribution < 1.29 is 0 Å². The van der Waals surface area contributed by atoms with E-state index in [0.717, 1.165) is 47.6 Å². The fourth-order valence-corrected chi connectivity index (χ4v) is 2.94. The SMILES string of the molecule is CCNC(=NCc1cccnc1N(C)C)NCCc1csc(C)n1. The van der Waals surface area contributed by atoms with Gasteiger partial charge in [0.25, 0.3) is 0 Å². The minimum atomic E-state index is 0.590. The van der Waals surface area contributed by atoms with E-state index in [1.165, 1.54) is 0 Å². The third kappa shape index (κ3) is 5.49. The number of guanidine groups is 1. The van der Waals surface area contributed by atoms with E-state index < -0.39 is 0 Å². The summed E-state index contributed by atoms with van der Waals surface area (Å²) >= 11 is 1.69. The van der Waals surface area contributed by atoms with E-state index in [1.807, 2.05) is 38.2 Å². The molecule has 2 rings (SSSR count). The Morgan fingerprint density at radius 1 is 1.33 bits per heavy atom. The van der Waals surface area contributed by atoms with Gasteiger partial charge >= 0.3 is 0 Å². The topological polar surface area (TPSA) is 65.4 Å². The number of aryl methyl sites for hydroxylation is 1. The maximum atomic E-state index is 4.67. The Hall–Kier alpha value is -2.15. The van der Waals surface area contributed by atoms with Crippen LogP contribution in [-0.4, -0.2) is 43.1 Å². The Bertz CT molecular complexity index is 665. The van der Waals surface area contributed by atoms with Gasteiger partial charge in [0.15, 0.2) is 5.96 Å². The lowest BCUT2D eigenvalue weighted by Gasteiger charge is -2.15. The van der Waals surface area contributed by atoms with Crippen LogP contribution in [-0.2, 0) is 13.0 Å². The lowest BCUT2D eigenvalue weighted by Crippen LogP contribution is -2.38. The number of pyridine rings is 1. The summed E-state index contributed by atoms with van der Waals surface area (Å²) in [5, 5.41) is 9.87. The van der Waals surface area contributed by atoms with Gasteiger partial charge in [0.2, 0.25) is 0 Å². The number of aromatic nitrogens is 2. The molecule has 0 aliphatic carbocycles. The molecule has 0 aliphatic heterocycles. The third-order valence-corrected chi connectivity index (χ3v) is 4.21. The Labute approximate surface area is 148 Å². The van der Waals surface area contributed by atoms with Gasteiger partial charge in [0, 0.05) is 50.7 Å². The Kier molecular flexibility index (Phi) is 6.99. The summed E-state index contributed by atoms with van der Waals surface area (Å²) in [5.74, 6) is 1.77. The molecule has 2 N–H and O–H groups in total. The molecule has 0 bridgehead atoms. The van der Waals surface area contributed by atoms with E-state index in [1.54, 1.807) is 11.3 Å². The number of aliphatic imine (C=N–C) groups is 1. The van der Waals surface area contributed by atoms with Crippen molar-refractivity contribution in [1.29, 1.82) is 0 Å². The largest absolute Gasteiger partial charge is 0.362 e. The smallest absolute Gasteiger partial charge is 0.191 e. The predicted molar refractivity (Wildman–Crippen MR) is 102 cm³/mol. The summed E-state index contributed by atoms with van der Waals surface area (Å²) in [6, 6.07) is 4.01.